The van der Waals surface area contributed by atoms with Gasteiger partial charge in [-0.15, -0.1) is 11.3 Å². The van der Waals surface area contributed by atoms with Crippen LogP contribution in [0.15, 0.2) is 28.7 Å². The summed E-state index contributed by atoms with van der Waals surface area (Å²) < 4.78 is 14.0. The van der Waals surface area contributed by atoms with Crippen LogP contribution in [0.1, 0.15) is 26.9 Å². The van der Waals surface area contributed by atoms with Crippen molar-refractivity contribution >= 4 is 27.3 Å². The van der Waals surface area contributed by atoms with Gasteiger partial charge in [-0.2, -0.15) is 0 Å². The summed E-state index contributed by atoms with van der Waals surface area (Å²) in [6.07, 6.45) is 0. The second-order valence-corrected chi connectivity index (χ2v) is 6.43. The van der Waals surface area contributed by atoms with E-state index in [1.807, 2.05) is 13.0 Å². The first-order valence-corrected chi connectivity index (χ1v) is 6.87. The molecule has 90 valence electrons. The molecule has 0 radical (unpaired) electrons. The molecule has 1 unspecified atom stereocenters. The lowest BCUT2D eigenvalue weighted by Gasteiger charge is -2.12. The van der Waals surface area contributed by atoms with Crippen LogP contribution in [0.25, 0.3) is 0 Å². The molecule has 0 saturated heterocycles. The van der Waals surface area contributed by atoms with Gasteiger partial charge in [0.05, 0.1) is 6.04 Å². The minimum absolute atomic E-state index is 0.269. The van der Waals surface area contributed by atoms with Crippen molar-refractivity contribution in [3.05, 3.63) is 55.4 Å². The maximum atomic E-state index is 13.3. The van der Waals surface area contributed by atoms with E-state index in [2.05, 4.69) is 28.9 Å². The fourth-order valence-corrected chi connectivity index (χ4v) is 3.35. The van der Waals surface area contributed by atoms with Crippen LogP contribution in [-0.2, 0) is 0 Å². The molecule has 0 amide bonds. The molecule has 0 aliphatic carbocycles. The van der Waals surface area contributed by atoms with Gasteiger partial charge in [0.1, 0.15) is 5.82 Å². The number of hydrogen-bond acceptors (Lipinski definition) is 2. The quantitative estimate of drug-likeness (QED) is 0.878. The van der Waals surface area contributed by atoms with E-state index in [0.717, 1.165) is 11.1 Å². The molecule has 0 fully saturated rings. The fraction of sp³-hybridized carbons (Fsp3) is 0.231. The van der Waals surface area contributed by atoms with Gasteiger partial charge in [0.25, 0.3) is 0 Å². The van der Waals surface area contributed by atoms with E-state index in [9.17, 15) is 4.39 Å². The van der Waals surface area contributed by atoms with Gasteiger partial charge in [-0.05, 0) is 49.2 Å². The van der Waals surface area contributed by atoms with Crippen LogP contribution in [0.5, 0.6) is 0 Å². The lowest BCUT2D eigenvalue weighted by atomic mass is 10.00. The predicted octanol–water partition coefficient (Wildman–Crippen LogP) is 4.31. The zero-order valence-corrected chi connectivity index (χ0v) is 12.0. The van der Waals surface area contributed by atoms with Gasteiger partial charge in [0.15, 0.2) is 0 Å². The Morgan fingerprint density at radius 2 is 1.94 bits per heavy atom. The predicted molar refractivity (Wildman–Crippen MR) is 73.9 cm³/mol. The number of nitrogens with two attached hydrogens (primary N) is 1. The lowest BCUT2D eigenvalue weighted by Crippen LogP contribution is -2.12. The SMILES string of the molecule is Cc1cc(C(N)c2cc(F)cc(Br)c2)c(C)s1. The van der Waals surface area contributed by atoms with E-state index in [1.165, 1.54) is 21.9 Å². The number of aryl methyl sites for hydroxylation is 2. The summed E-state index contributed by atoms with van der Waals surface area (Å²) in [6, 6.07) is 6.58. The van der Waals surface area contributed by atoms with E-state index in [4.69, 9.17) is 5.73 Å². The molecule has 2 rings (SSSR count). The van der Waals surface area contributed by atoms with Gasteiger partial charge in [-0.3, -0.25) is 0 Å². The van der Waals surface area contributed by atoms with Crippen molar-refractivity contribution in [2.75, 3.05) is 0 Å². The first-order chi connectivity index (χ1) is 7.97. The summed E-state index contributed by atoms with van der Waals surface area (Å²) in [7, 11) is 0. The number of rotatable bonds is 2. The molecule has 4 heteroatoms. The second kappa shape index (κ2) is 4.88. The van der Waals surface area contributed by atoms with Crippen LogP contribution in [0, 0.1) is 19.7 Å². The summed E-state index contributed by atoms with van der Waals surface area (Å²) in [6.45, 7) is 4.09. The lowest BCUT2D eigenvalue weighted by molar-refractivity contribution is 0.622. The van der Waals surface area contributed by atoms with Crippen molar-refractivity contribution in [1.29, 1.82) is 0 Å². The summed E-state index contributed by atoms with van der Waals surface area (Å²) in [5, 5.41) is 0. The maximum Gasteiger partial charge on any atom is 0.124 e. The Hall–Kier alpha value is -0.710. The smallest absolute Gasteiger partial charge is 0.124 e. The Morgan fingerprint density at radius 1 is 1.24 bits per heavy atom. The van der Waals surface area contributed by atoms with Gasteiger partial charge in [-0.1, -0.05) is 15.9 Å². The minimum atomic E-state index is -0.271. The molecule has 2 aromatic rings. The largest absolute Gasteiger partial charge is 0.320 e. The molecule has 0 aliphatic rings. The van der Waals surface area contributed by atoms with E-state index < -0.39 is 0 Å². The standard InChI is InChI=1S/C13H13BrFNS/c1-7-3-12(8(2)17-7)13(16)9-4-10(14)6-11(15)5-9/h3-6,13H,16H2,1-2H3. The Balaban J connectivity index is 2.43. The molecule has 0 aliphatic heterocycles. The highest BCUT2D eigenvalue weighted by Crippen LogP contribution is 2.30. The van der Waals surface area contributed by atoms with Gasteiger partial charge in [0.2, 0.25) is 0 Å². The highest BCUT2D eigenvalue weighted by molar-refractivity contribution is 9.10. The average Bonchev–Trinajstić information content (AvgIpc) is 2.55. The first-order valence-electron chi connectivity index (χ1n) is 5.26. The molecule has 1 aromatic heterocycles. The van der Waals surface area contributed by atoms with Gasteiger partial charge >= 0.3 is 0 Å². The van der Waals surface area contributed by atoms with Gasteiger partial charge in [0, 0.05) is 14.2 Å². The van der Waals surface area contributed by atoms with Gasteiger partial charge < -0.3 is 5.73 Å². The van der Waals surface area contributed by atoms with Crippen molar-refractivity contribution in [3.8, 4) is 0 Å². The molecule has 1 atom stereocenters. The number of thiophene rings is 1. The third kappa shape index (κ3) is 2.76. The molecular formula is C13H13BrFNS. The number of hydrogen-bond donors (Lipinski definition) is 1. The van der Waals surface area contributed by atoms with Crippen molar-refractivity contribution in [3.63, 3.8) is 0 Å². The third-order valence-electron chi connectivity index (χ3n) is 2.66. The van der Waals surface area contributed by atoms with Crippen LogP contribution >= 0.6 is 27.3 Å². The number of halogens is 2. The normalized spacial score (nSPS) is 12.8. The fourth-order valence-electron chi connectivity index (χ4n) is 1.89. The molecular weight excluding hydrogens is 301 g/mol. The van der Waals surface area contributed by atoms with Crippen LogP contribution < -0.4 is 5.73 Å². The van der Waals surface area contributed by atoms with Crippen LogP contribution in [0.2, 0.25) is 0 Å². The molecule has 1 heterocycles. The van der Waals surface area contributed by atoms with Crippen LogP contribution in [-0.4, -0.2) is 0 Å². The Kier molecular flexibility index (Phi) is 3.66. The molecule has 1 nitrogen and oxygen atoms in total. The molecule has 0 spiro atoms. The summed E-state index contributed by atoms with van der Waals surface area (Å²) in [4.78, 5) is 2.42. The Bertz CT molecular complexity index is 530. The van der Waals surface area contributed by atoms with Crippen LogP contribution in [0.3, 0.4) is 0 Å². The molecule has 0 bridgehead atoms. The Morgan fingerprint density at radius 3 is 2.47 bits per heavy atom. The van der Waals surface area contributed by atoms with Gasteiger partial charge in [-0.25, -0.2) is 4.39 Å². The van der Waals surface area contributed by atoms with E-state index >= 15 is 0 Å². The molecule has 2 N–H and O–H groups in total. The highest BCUT2D eigenvalue weighted by atomic mass is 79.9. The molecule has 0 saturated carbocycles. The van der Waals surface area contributed by atoms with Crippen molar-refractivity contribution in [2.45, 2.75) is 19.9 Å². The summed E-state index contributed by atoms with van der Waals surface area (Å²) in [5.41, 5.74) is 8.05. The molecule has 1 aromatic carbocycles. The first kappa shape index (κ1) is 12.7. The highest BCUT2D eigenvalue weighted by Gasteiger charge is 2.15. The van der Waals surface area contributed by atoms with Crippen molar-refractivity contribution in [1.82, 2.24) is 0 Å². The third-order valence-corrected chi connectivity index (χ3v) is 4.10. The second-order valence-electron chi connectivity index (χ2n) is 4.05. The maximum absolute atomic E-state index is 13.3. The summed E-state index contributed by atoms with van der Waals surface area (Å²) in [5.74, 6) is -0.269. The zero-order valence-electron chi connectivity index (χ0n) is 9.63. The van der Waals surface area contributed by atoms with Crippen molar-refractivity contribution in [2.24, 2.45) is 5.73 Å². The van der Waals surface area contributed by atoms with Crippen molar-refractivity contribution < 1.29 is 4.39 Å². The summed E-state index contributed by atoms with van der Waals surface area (Å²) >= 11 is 5.00. The average molecular weight is 314 g/mol. The van der Waals surface area contributed by atoms with E-state index in [1.54, 1.807) is 11.3 Å². The van der Waals surface area contributed by atoms with Crippen LogP contribution in [0.4, 0.5) is 4.39 Å². The molecule has 17 heavy (non-hydrogen) atoms. The monoisotopic (exact) mass is 313 g/mol. The van der Waals surface area contributed by atoms with E-state index in [-0.39, 0.29) is 11.9 Å². The zero-order chi connectivity index (χ0) is 12.6. The van der Waals surface area contributed by atoms with E-state index in [0.29, 0.717) is 4.47 Å². The minimum Gasteiger partial charge on any atom is -0.320 e. The number of benzene rings is 1. The topological polar surface area (TPSA) is 26.0 Å². The Labute approximate surface area is 113 Å².